The topological polar surface area (TPSA) is 39.4 Å². The smallest absolute Gasteiger partial charge is 0.169 e. The highest BCUT2D eigenvalue weighted by Gasteiger charge is 2.42. The summed E-state index contributed by atoms with van der Waals surface area (Å²) in [5.74, 6) is 3.39. The second-order valence-corrected chi connectivity index (χ2v) is 6.60. The summed E-state index contributed by atoms with van der Waals surface area (Å²) < 4.78 is 11.4. The van der Waals surface area contributed by atoms with Crippen LogP contribution in [0, 0.1) is 5.92 Å². The molecule has 0 radical (unpaired) electrons. The first-order valence-corrected chi connectivity index (χ1v) is 8.22. The normalized spacial score (nSPS) is 30.9. The number of carbonyl (C=O) groups excluding carboxylic acids is 1. The van der Waals surface area contributed by atoms with Gasteiger partial charge in [0.05, 0.1) is 17.4 Å². The van der Waals surface area contributed by atoms with Crippen LogP contribution in [0.4, 0.5) is 0 Å². The molecule has 0 bridgehead atoms. The number of hydrogen-bond acceptors (Lipinski definition) is 4. The van der Waals surface area contributed by atoms with Gasteiger partial charge in [-0.3, -0.25) is 4.79 Å². The third-order valence-electron chi connectivity index (χ3n) is 4.26. The van der Waals surface area contributed by atoms with E-state index in [2.05, 4.69) is 0 Å². The Morgan fingerprint density at radius 3 is 3.21 bits per heavy atom. The Morgan fingerprint density at radius 1 is 1.58 bits per heavy atom. The maximum atomic E-state index is 12.7. The van der Waals surface area contributed by atoms with Crippen molar-refractivity contribution in [1.82, 2.24) is 0 Å². The van der Waals surface area contributed by atoms with Gasteiger partial charge in [-0.25, -0.2) is 0 Å². The lowest BCUT2D eigenvalue weighted by Gasteiger charge is -2.37. The van der Waals surface area contributed by atoms with Crippen LogP contribution in [0.2, 0.25) is 0 Å². The van der Waals surface area contributed by atoms with Gasteiger partial charge in [0.1, 0.15) is 5.76 Å². The minimum atomic E-state index is -0.0284. The summed E-state index contributed by atoms with van der Waals surface area (Å²) >= 11 is 1.94. The molecule has 1 aromatic rings. The summed E-state index contributed by atoms with van der Waals surface area (Å²) in [6.07, 6.45) is 5.23. The highest BCUT2D eigenvalue weighted by Crippen LogP contribution is 2.41. The van der Waals surface area contributed by atoms with E-state index in [1.807, 2.05) is 24.8 Å². The van der Waals surface area contributed by atoms with Gasteiger partial charge in [-0.05, 0) is 31.1 Å². The van der Waals surface area contributed by atoms with Crippen LogP contribution in [-0.4, -0.2) is 29.5 Å². The third-order valence-corrected chi connectivity index (χ3v) is 5.49. The van der Waals surface area contributed by atoms with Crippen molar-refractivity contribution in [1.29, 1.82) is 0 Å². The predicted molar refractivity (Wildman–Crippen MR) is 75.8 cm³/mol. The van der Waals surface area contributed by atoms with Crippen LogP contribution in [0.5, 0.6) is 0 Å². The van der Waals surface area contributed by atoms with Crippen molar-refractivity contribution >= 4 is 17.5 Å². The second kappa shape index (κ2) is 5.33. The van der Waals surface area contributed by atoms with E-state index in [1.54, 1.807) is 6.26 Å². The third kappa shape index (κ3) is 2.48. The largest absolute Gasteiger partial charge is 0.469 e. The Hall–Kier alpha value is -0.740. The molecule has 1 spiro atoms. The van der Waals surface area contributed by atoms with Crippen molar-refractivity contribution < 1.29 is 13.9 Å². The summed E-state index contributed by atoms with van der Waals surface area (Å²) in [5, 5.41) is 0. The Balaban J connectivity index is 1.76. The van der Waals surface area contributed by atoms with E-state index < -0.39 is 0 Å². The van der Waals surface area contributed by atoms with Crippen molar-refractivity contribution in [2.45, 2.75) is 38.2 Å². The number of rotatable bonds is 3. The lowest BCUT2D eigenvalue weighted by molar-refractivity contribution is -0.0734. The van der Waals surface area contributed by atoms with Gasteiger partial charge in [-0.1, -0.05) is 6.92 Å². The van der Waals surface area contributed by atoms with Gasteiger partial charge < -0.3 is 9.15 Å². The predicted octanol–water partition coefficient (Wildman–Crippen LogP) is 3.33. The average Bonchev–Trinajstić information content (AvgIpc) is 3.07. The van der Waals surface area contributed by atoms with E-state index in [0.717, 1.165) is 55.1 Å². The molecule has 2 unspecified atom stereocenters. The number of aryl methyl sites for hydroxylation is 1. The number of furan rings is 1. The van der Waals surface area contributed by atoms with Gasteiger partial charge in [-0.2, -0.15) is 11.8 Å². The molecule has 2 fully saturated rings. The van der Waals surface area contributed by atoms with Gasteiger partial charge in [-0.15, -0.1) is 0 Å². The van der Waals surface area contributed by atoms with E-state index in [4.69, 9.17) is 9.15 Å². The van der Waals surface area contributed by atoms with Crippen LogP contribution in [0.15, 0.2) is 16.7 Å². The molecular weight excluding hydrogens is 260 g/mol. The van der Waals surface area contributed by atoms with Crippen molar-refractivity contribution in [3.05, 3.63) is 23.7 Å². The van der Waals surface area contributed by atoms with E-state index in [-0.39, 0.29) is 17.3 Å². The van der Waals surface area contributed by atoms with Crippen LogP contribution in [-0.2, 0) is 11.2 Å². The van der Waals surface area contributed by atoms with Gasteiger partial charge in [0.25, 0.3) is 0 Å². The summed E-state index contributed by atoms with van der Waals surface area (Å²) in [4.78, 5) is 12.7. The molecule has 2 aliphatic heterocycles. The van der Waals surface area contributed by atoms with Crippen molar-refractivity contribution in [3.8, 4) is 0 Å². The molecular formula is C15H20O3S. The molecule has 3 nitrogen and oxygen atoms in total. The first-order valence-electron chi connectivity index (χ1n) is 7.06. The molecule has 1 aromatic heterocycles. The lowest BCUT2D eigenvalue weighted by atomic mass is 9.81. The number of ketones is 1. The molecule has 0 aliphatic carbocycles. The first kappa shape index (κ1) is 13.3. The summed E-state index contributed by atoms with van der Waals surface area (Å²) in [6, 6.07) is 1.83. The second-order valence-electron chi connectivity index (χ2n) is 5.50. The molecule has 4 heteroatoms. The van der Waals surface area contributed by atoms with Crippen LogP contribution < -0.4 is 0 Å². The zero-order chi connectivity index (χ0) is 13.3. The number of ether oxygens (including phenoxy) is 1. The van der Waals surface area contributed by atoms with Gasteiger partial charge in [0.2, 0.25) is 0 Å². The van der Waals surface area contributed by atoms with E-state index in [0.29, 0.717) is 0 Å². The highest BCUT2D eigenvalue weighted by molar-refractivity contribution is 7.99. The molecule has 19 heavy (non-hydrogen) atoms. The molecule has 3 heterocycles. The molecule has 3 rings (SSSR count). The summed E-state index contributed by atoms with van der Waals surface area (Å²) in [7, 11) is 0. The fraction of sp³-hybridized carbons (Fsp3) is 0.667. The molecule has 0 N–H and O–H groups in total. The molecule has 2 atom stereocenters. The fourth-order valence-corrected chi connectivity index (χ4v) is 4.55. The number of carbonyl (C=O) groups is 1. The fourth-order valence-electron chi connectivity index (χ4n) is 3.17. The number of thioether (sulfide) groups is 1. The van der Waals surface area contributed by atoms with Gasteiger partial charge in [0, 0.05) is 24.7 Å². The number of hydrogen-bond donors (Lipinski definition) is 0. The SMILES string of the molecule is CCc1occc1C(=O)C1CCOC2(CCSC2)C1. The van der Waals surface area contributed by atoms with E-state index >= 15 is 0 Å². The minimum Gasteiger partial charge on any atom is -0.469 e. The monoisotopic (exact) mass is 280 g/mol. The molecule has 0 saturated carbocycles. The maximum Gasteiger partial charge on any atom is 0.169 e. The minimum absolute atomic E-state index is 0.0284. The average molecular weight is 280 g/mol. The van der Waals surface area contributed by atoms with Crippen molar-refractivity contribution in [3.63, 3.8) is 0 Å². The van der Waals surface area contributed by atoms with Gasteiger partial charge >= 0.3 is 0 Å². The summed E-state index contributed by atoms with van der Waals surface area (Å²) in [6.45, 7) is 2.74. The van der Waals surface area contributed by atoms with Crippen LogP contribution in [0.1, 0.15) is 42.3 Å². The number of Topliss-reactive ketones (excluding diaryl/α,β-unsaturated/α-hetero) is 1. The Morgan fingerprint density at radius 2 is 2.47 bits per heavy atom. The zero-order valence-corrected chi connectivity index (χ0v) is 12.1. The standard InChI is InChI=1S/C15H20O3S/c1-2-13-12(4-6-17-13)14(16)11-3-7-18-15(9-11)5-8-19-10-15/h4,6,11H,2-3,5,7-10H2,1H3. The van der Waals surface area contributed by atoms with Crippen molar-refractivity contribution in [2.75, 3.05) is 18.1 Å². The molecule has 2 saturated heterocycles. The molecule has 0 amide bonds. The van der Waals surface area contributed by atoms with Gasteiger partial charge in [0.15, 0.2) is 5.78 Å². The molecule has 2 aliphatic rings. The van der Waals surface area contributed by atoms with Crippen LogP contribution in [0.25, 0.3) is 0 Å². The van der Waals surface area contributed by atoms with E-state index in [1.165, 1.54) is 0 Å². The Bertz CT molecular complexity index is 460. The lowest BCUT2D eigenvalue weighted by Crippen LogP contribution is -2.42. The maximum absolute atomic E-state index is 12.7. The zero-order valence-electron chi connectivity index (χ0n) is 11.3. The summed E-state index contributed by atoms with van der Waals surface area (Å²) in [5.41, 5.74) is 0.759. The Kier molecular flexibility index (Phi) is 3.72. The van der Waals surface area contributed by atoms with Crippen LogP contribution in [0.3, 0.4) is 0 Å². The first-order chi connectivity index (χ1) is 9.24. The molecule has 0 aromatic carbocycles. The van der Waals surface area contributed by atoms with Crippen molar-refractivity contribution in [2.24, 2.45) is 5.92 Å². The highest BCUT2D eigenvalue weighted by atomic mass is 32.2. The molecule has 104 valence electrons. The van der Waals surface area contributed by atoms with Crippen LogP contribution >= 0.6 is 11.8 Å². The Labute approximate surface area is 118 Å². The quantitative estimate of drug-likeness (QED) is 0.796. The van der Waals surface area contributed by atoms with E-state index in [9.17, 15) is 4.79 Å².